The number of thioether (sulfide) groups is 1. The van der Waals surface area contributed by atoms with Gasteiger partial charge in [-0.25, -0.2) is 4.98 Å². The van der Waals surface area contributed by atoms with Crippen LogP contribution in [0.2, 0.25) is 0 Å². The van der Waals surface area contributed by atoms with E-state index in [0.717, 1.165) is 0 Å². The fourth-order valence-electron chi connectivity index (χ4n) is 1.62. The minimum atomic E-state index is -2.57. The Balaban J connectivity index is 2.13. The molecule has 1 amide bonds. The van der Waals surface area contributed by atoms with Gasteiger partial charge in [0.15, 0.2) is 0 Å². The number of aromatic nitrogens is 3. The Labute approximate surface area is 118 Å². The van der Waals surface area contributed by atoms with Crippen molar-refractivity contribution in [3.8, 4) is 0 Å². The van der Waals surface area contributed by atoms with E-state index < -0.39 is 17.7 Å². The number of alkyl halides is 2. The highest BCUT2D eigenvalue weighted by molar-refractivity contribution is 7.99. The van der Waals surface area contributed by atoms with Crippen LogP contribution in [-0.4, -0.2) is 26.8 Å². The second kappa shape index (κ2) is 6.47. The molecule has 0 bridgehead atoms. The highest BCUT2D eigenvalue weighted by atomic mass is 32.2. The van der Waals surface area contributed by atoms with Crippen LogP contribution < -0.4 is 5.32 Å². The van der Waals surface area contributed by atoms with E-state index in [-0.39, 0.29) is 10.5 Å². The molecule has 1 atom stereocenters. The molecule has 0 spiro atoms. The fourth-order valence-corrected chi connectivity index (χ4v) is 2.26. The Morgan fingerprint density at radius 2 is 2.15 bits per heavy atom. The Kier molecular flexibility index (Phi) is 4.67. The summed E-state index contributed by atoms with van der Waals surface area (Å²) in [6.07, 6.45) is 1.33. The van der Waals surface area contributed by atoms with E-state index in [0.29, 0.717) is 17.6 Å². The van der Waals surface area contributed by atoms with Crippen molar-refractivity contribution < 1.29 is 13.6 Å². The number of aromatic amines is 1. The zero-order chi connectivity index (χ0) is 14.5. The monoisotopic (exact) mass is 298 g/mol. The van der Waals surface area contributed by atoms with E-state index in [4.69, 9.17) is 0 Å². The van der Waals surface area contributed by atoms with Crippen LogP contribution >= 0.6 is 11.8 Å². The van der Waals surface area contributed by atoms with Crippen molar-refractivity contribution in [1.82, 2.24) is 20.5 Å². The first-order valence-electron chi connectivity index (χ1n) is 5.78. The van der Waals surface area contributed by atoms with Crippen molar-refractivity contribution >= 4 is 17.7 Å². The molecule has 1 aromatic carbocycles. The molecule has 0 fully saturated rings. The molecule has 8 heteroatoms. The number of hydrogen-bond acceptors (Lipinski definition) is 4. The molecule has 0 saturated heterocycles. The van der Waals surface area contributed by atoms with E-state index >= 15 is 0 Å². The molecule has 0 aliphatic heterocycles. The highest BCUT2D eigenvalue weighted by Crippen LogP contribution is 2.28. The van der Waals surface area contributed by atoms with Crippen molar-refractivity contribution in [3.05, 3.63) is 42.0 Å². The number of nitrogens with one attached hydrogen (secondary N) is 2. The predicted molar refractivity (Wildman–Crippen MR) is 70.6 cm³/mol. The minimum Gasteiger partial charge on any atom is -0.342 e. The van der Waals surface area contributed by atoms with Gasteiger partial charge < -0.3 is 5.32 Å². The van der Waals surface area contributed by atoms with Crippen LogP contribution in [0.1, 0.15) is 29.1 Å². The molecule has 0 saturated carbocycles. The van der Waals surface area contributed by atoms with Crippen molar-refractivity contribution in [2.75, 3.05) is 0 Å². The van der Waals surface area contributed by atoms with Gasteiger partial charge in [0.2, 0.25) is 0 Å². The molecule has 2 rings (SSSR count). The second-order valence-electron chi connectivity index (χ2n) is 3.94. The number of hydrogen-bond donors (Lipinski definition) is 2. The Morgan fingerprint density at radius 1 is 1.40 bits per heavy atom. The Morgan fingerprint density at radius 3 is 2.80 bits per heavy atom. The van der Waals surface area contributed by atoms with Crippen molar-refractivity contribution in [3.63, 3.8) is 0 Å². The van der Waals surface area contributed by atoms with Crippen LogP contribution in [-0.2, 0) is 0 Å². The summed E-state index contributed by atoms with van der Waals surface area (Å²) >= 11 is 0.348. The normalized spacial score (nSPS) is 12.4. The van der Waals surface area contributed by atoms with E-state index in [1.165, 1.54) is 18.5 Å². The molecule has 106 valence electrons. The SMILES string of the molecule is CC(NC(=O)c1ccccc1SC(F)F)c1ncn[nH]1. The lowest BCUT2D eigenvalue weighted by atomic mass is 10.2. The summed E-state index contributed by atoms with van der Waals surface area (Å²) in [6.45, 7) is 1.72. The molecule has 0 aliphatic carbocycles. The maximum atomic E-state index is 12.5. The lowest BCUT2D eigenvalue weighted by Gasteiger charge is -2.13. The Bertz CT molecular complexity index is 577. The van der Waals surface area contributed by atoms with Crippen LogP contribution in [0.3, 0.4) is 0 Å². The standard InChI is InChI=1S/C12H12F2N4OS/c1-7(10-15-6-16-18-10)17-11(19)8-4-2-3-5-9(8)20-12(13)14/h2-7,12H,1H3,(H,17,19)(H,15,16,18). The summed E-state index contributed by atoms with van der Waals surface area (Å²) in [5.74, 6) is -2.51. The number of H-pyrrole nitrogens is 1. The summed E-state index contributed by atoms with van der Waals surface area (Å²) in [5.41, 5.74) is 0.212. The van der Waals surface area contributed by atoms with E-state index in [1.54, 1.807) is 19.1 Å². The molecule has 2 N–H and O–H groups in total. The molecule has 20 heavy (non-hydrogen) atoms. The smallest absolute Gasteiger partial charge is 0.288 e. The van der Waals surface area contributed by atoms with Gasteiger partial charge >= 0.3 is 0 Å². The lowest BCUT2D eigenvalue weighted by Crippen LogP contribution is -2.27. The maximum Gasteiger partial charge on any atom is 0.288 e. The molecule has 0 radical (unpaired) electrons. The molecule has 1 aromatic heterocycles. The third-order valence-electron chi connectivity index (χ3n) is 2.54. The van der Waals surface area contributed by atoms with Crippen LogP contribution in [0.15, 0.2) is 35.5 Å². The van der Waals surface area contributed by atoms with Gasteiger partial charge in [0.05, 0.1) is 11.6 Å². The molecule has 1 heterocycles. The quantitative estimate of drug-likeness (QED) is 0.832. The molecular weight excluding hydrogens is 286 g/mol. The summed E-state index contributed by atoms with van der Waals surface area (Å²) < 4.78 is 24.9. The number of nitrogens with zero attached hydrogens (tertiary/aromatic N) is 2. The van der Waals surface area contributed by atoms with Crippen LogP contribution in [0.5, 0.6) is 0 Å². The number of benzene rings is 1. The number of carbonyl (C=O) groups excluding carboxylic acids is 1. The summed E-state index contributed by atoms with van der Waals surface area (Å²) in [4.78, 5) is 16.3. The average molecular weight is 298 g/mol. The zero-order valence-electron chi connectivity index (χ0n) is 10.5. The van der Waals surface area contributed by atoms with Gasteiger partial charge in [-0.05, 0) is 19.1 Å². The van der Waals surface area contributed by atoms with Gasteiger partial charge in [-0.1, -0.05) is 23.9 Å². The first kappa shape index (κ1) is 14.4. The largest absolute Gasteiger partial charge is 0.342 e. The average Bonchev–Trinajstić information content (AvgIpc) is 2.92. The van der Waals surface area contributed by atoms with Gasteiger partial charge in [-0.15, -0.1) is 0 Å². The second-order valence-corrected chi connectivity index (χ2v) is 4.97. The first-order chi connectivity index (χ1) is 9.58. The molecule has 5 nitrogen and oxygen atoms in total. The van der Waals surface area contributed by atoms with Gasteiger partial charge in [0.1, 0.15) is 12.2 Å². The number of halogens is 2. The summed E-state index contributed by atoms with van der Waals surface area (Å²) in [5, 5.41) is 9.01. The third kappa shape index (κ3) is 3.53. The van der Waals surface area contributed by atoms with Crippen LogP contribution in [0.25, 0.3) is 0 Å². The predicted octanol–water partition coefficient (Wildman–Crippen LogP) is 2.61. The van der Waals surface area contributed by atoms with Gasteiger partial charge in [-0.3, -0.25) is 9.89 Å². The fraction of sp³-hybridized carbons (Fsp3) is 0.250. The van der Waals surface area contributed by atoms with Crippen LogP contribution in [0, 0.1) is 0 Å². The van der Waals surface area contributed by atoms with Crippen molar-refractivity contribution in [1.29, 1.82) is 0 Å². The zero-order valence-corrected chi connectivity index (χ0v) is 11.3. The summed E-state index contributed by atoms with van der Waals surface area (Å²) in [6, 6.07) is 5.85. The highest BCUT2D eigenvalue weighted by Gasteiger charge is 2.18. The topological polar surface area (TPSA) is 70.7 Å². The van der Waals surface area contributed by atoms with Gasteiger partial charge in [0, 0.05) is 4.90 Å². The van der Waals surface area contributed by atoms with E-state index in [1.807, 2.05) is 0 Å². The Hall–Kier alpha value is -1.96. The van der Waals surface area contributed by atoms with E-state index in [2.05, 4.69) is 20.5 Å². The number of carbonyl (C=O) groups is 1. The van der Waals surface area contributed by atoms with Crippen molar-refractivity contribution in [2.45, 2.75) is 23.6 Å². The lowest BCUT2D eigenvalue weighted by molar-refractivity contribution is 0.0935. The van der Waals surface area contributed by atoms with Crippen molar-refractivity contribution in [2.24, 2.45) is 0 Å². The summed E-state index contributed by atoms with van der Waals surface area (Å²) in [7, 11) is 0. The third-order valence-corrected chi connectivity index (χ3v) is 3.33. The maximum absolute atomic E-state index is 12.5. The number of amides is 1. The molecule has 2 aromatic rings. The van der Waals surface area contributed by atoms with Gasteiger partial charge in [-0.2, -0.15) is 13.9 Å². The first-order valence-corrected chi connectivity index (χ1v) is 6.66. The molecule has 1 unspecified atom stereocenters. The van der Waals surface area contributed by atoms with E-state index in [9.17, 15) is 13.6 Å². The molecular formula is C12H12F2N4OS. The number of rotatable bonds is 5. The van der Waals surface area contributed by atoms with Gasteiger partial charge in [0.25, 0.3) is 11.7 Å². The molecule has 0 aliphatic rings. The minimum absolute atomic E-state index is 0.212. The van der Waals surface area contributed by atoms with Crippen LogP contribution in [0.4, 0.5) is 8.78 Å².